The number of halogens is 3. The van der Waals surface area contributed by atoms with E-state index < -0.39 is 5.66 Å². The van der Waals surface area contributed by atoms with Gasteiger partial charge < -0.3 is 57.9 Å². The molecule has 40 heavy (non-hydrogen) atoms. The molecular formula is C25H39Cl3N6O6. The normalized spacial score (nSPS) is 16.6. The molecule has 2 aliphatic rings. The lowest BCUT2D eigenvalue weighted by atomic mass is 9.91. The van der Waals surface area contributed by atoms with Crippen molar-refractivity contribution >= 4 is 65.3 Å². The minimum absolute atomic E-state index is 0. The highest BCUT2D eigenvalue weighted by Crippen LogP contribution is 2.45. The first-order chi connectivity index (χ1) is 15.6. The lowest BCUT2D eigenvalue weighted by Crippen LogP contribution is -2.44. The number of aromatic amines is 1. The number of piperazine rings is 1. The molecule has 0 saturated carbocycles. The molecule has 12 nitrogen and oxygen atoms in total. The molecule has 15 heteroatoms. The number of phenols is 1. The topological polar surface area (TPSA) is 237 Å². The third-order valence-electron chi connectivity index (χ3n) is 6.67. The van der Waals surface area contributed by atoms with Gasteiger partial charge in [0.1, 0.15) is 5.75 Å². The maximum atomic E-state index is 9.88. The molecule has 3 heterocycles. The number of H-pyrrole nitrogens is 1. The maximum absolute atomic E-state index is 9.88. The Morgan fingerprint density at radius 1 is 0.725 bits per heavy atom. The van der Waals surface area contributed by atoms with E-state index in [1.807, 2.05) is 12.1 Å². The van der Waals surface area contributed by atoms with Gasteiger partial charge in [0.2, 0.25) is 0 Å². The summed E-state index contributed by atoms with van der Waals surface area (Å²) in [6.07, 6.45) is 1.72. The van der Waals surface area contributed by atoms with Crippen LogP contribution in [0.4, 0.5) is 17.1 Å². The van der Waals surface area contributed by atoms with E-state index >= 15 is 0 Å². The summed E-state index contributed by atoms with van der Waals surface area (Å²) in [7, 11) is 2.17. The zero-order valence-electron chi connectivity index (χ0n) is 21.7. The predicted octanol–water partition coefficient (Wildman–Crippen LogP) is 0.901. The zero-order valence-corrected chi connectivity index (χ0v) is 24.1. The Labute approximate surface area is 250 Å². The van der Waals surface area contributed by atoms with Crippen LogP contribution in [0.3, 0.4) is 0 Å². The first-order valence-corrected chi connectivity index (χ1v) is 11.0. The summed E-state index contributed by atoms with van der Waals surface area (Å²) in [5, 5.41) is 17.4. The number of rotatable bonds is 3. The van der Waals surface area contributed by atoms with Gasteiger partial charge in [0.25, 0.3) is 0 Å². The van der Waals surface area contributed by atoms with E-state index in [1.165, 1.54) is 5.69 Å². The van der Waals surface area contributed by atoms with Crippen molar-refractivity contribution in [3.8, 4) is 5.75 Å². The van der Waals surface area contributed by atoms with Crippen molar-refractivity contribution in [2.24, 2.45) is 0 Å². The van der Waals surface area contributed by atoms with Gasteiger partial charge in [-0.3, -0.25) is 0 Å². The molecule has 6 rings (SSSR count). The molecular weight excluding hydrogens is 587 g/mol. The molecule has 4 aromatic rings. The van der Waals surface area contributed by atoms with Crippen LogP contribution in [0.1, 0.15) is 11.1 Å². The summed E-state index contributed by atoms with van der Waals surface area (Å²) in [6, 6.07) is 20.2. The Balaban J connectivity index is -0.00000171. The Morgan fingerprint density at radius 3 is 1.98 bits per heavy atom. The molecule has 0 amide bonds. The van der Waals surface area contributed by atoms with Gasteiger partial charge in [0.05, 0.1) is 28.7 Å². The number of phenolic OH excluding ortho intramolecular Hbond substituents is 1. The van der Waals surface area contributed by atoms with E-state index in [0.717, 1.165) is 59.7 Å². The van der Waals surface area contributed by atoms with Gasteiger partial charge in [0.15, 0.2) is 5.66 Å². The first-order valence-electron chi connectivity index (χ1n) is 11.0. The van der Waals surface area contributed by atoms with Gasteiger partial charge in [-0.05, 0) is 49.5 Å². The van der Waals surface area contributed by atoms with Gasteiger partial charge in [-0.15, -0.1) is 37.2 Å². The fourth-order valence-corrected chi connectivity index (χ4v) is 4.77. The van der Waals surface area contributed by atoms with Gasteiger partial charge in [-0.2, -0.15) is 0 Å². The smallest absolute Gasteiger partial charge is 0.161 e. The minimum Gasteiger partial charge on any atom is -0.508 e. The van der Waals surface area contributed by atoms with Crippen molar-refractivity contribution in [2.45, 2.75) is 5.66 Å². The number of fused-ring (bicyclic) bond motifs is 2. The molecule has 0 bridgehead atoms. The van der Waals surface area contributed by atoms with Crippen molar-refractivity contribution in [2.75, 3.05) is 48.8 Å². The lowest BCUT2D eigenvalue weighted by molar-refractivity contribution is 0.313. The Hall–Kier alpha value is -3.04. The van der Waals surface area contributed by atoms with Crippen LogP contribution in [0.15, 0.2) is 67.0 Å². The van der Waals surface area contributed by atoms with E-state index in [0.29, 0.717) is 0 Å². The number of anilines is 3. The van der Waals surface area contributed by atoms with Crippen LogP contribution in [0.5, 0.6) is 5.75 Å². The van der Waals surface area contributed by atoms with Crippen molar-refractivity contribution in [1.82, 2.24) is 14.9 Å². The maximum Gasteiger partial charge on any atom is 0.161 e. The SMILES string of the molecule is CN1CCN(c2ccc3c(c2)NC(c2ccc(O)cc2)(c2ccc4[nH]cnc4c2)N3)CC1.Cl.Cl.Cl.O.O.O.O.O. The van der Waals surface area contributed by atoms with Crippen LogP contribution < -0.4 is 15.5 Å². The van der Waals surface area contributed by atoms with Crippen molar-refractivity contribution in [3.63, 3.8) is 0 Å². The Kier molecular flexibility index (Phi) is 16.9. The number of nitrogens with zero attached hydrogens (tertiary/aromatic N) is 3. The lowest BCUT2D eigenvalue weighted by Gasteiger charge is -2.34. The first kappa shape index (κ1) is 41.4. The largest absolute Gasteiger partial charge is 0.508 e. The standard InChI is InChI=1S/C25H26N6O.3ClH.5H2O/c1-30-10-12-31(13-11-30)19-5-9-22-24(15-19)29-25(28-22,17-2-6-20(32)7-3-17)18-4-8-21-23(14-18)27-16-26-21;;;;;;;;/h2-9,14-16,28-29,32H,10-13H2,1H3,(H,26,27);3*1H;5*1H2. The Morgan fingerprint density at radius 2 is 1.32 bits per heavy atom. The van der Waals surface area contributed by atoms with Crippen LogP contribution >= 0.6 is 37.2 Å². The summed E-state index contributed by atoms with van der Waals surface area (Å²) in [6.45, 7) is 4.21. The van der Waals surface area contributed by atoms with Gasteiger partial charge in [-0.1, -0.05) is 18.2 Å². The molecule has 0 radical (unpaired) electrons. The fraction of sp³-hybridized carbons (Fsp3) is 0.240. The molecule has 14 N–H and O–H groups in total. The van der Waals surface area contributed by atoms with Gasteiger partial charge in [0, 0.05) is 43.0 Å². The summed E-state index contributed by atoms with van der Waals surface area (Å²) in [5.41, 5.74) is 6.68. The fourth-order valence-electron chi connectivity index (χ4n) is 4.77. The third kappa shape index (κ3) is 7.18. The number of nitrogens with one attached hydrogen (secondary N) is 3. The molecule has 2 aliphatic heterocycles. The van der Waals surface area contributed by atoms with Gasteiger partial charge in [-0.25, -0.2) is 4.98 Å². The van der Waals surface area contributed by atoms with E-state index in [1.54, 1.807) is 18.5 Å². The monoisotopic (exact) mass is 624 g/mol. The van der Waals surface area contributed by atoms with Crippen LogP contribution in [-0.4, -0.2) is 80.6 Å². The second kappa shape index (κ2) is 16.3. The van der Waals surface area contributed by atoms with Crippen LogP contribution in [0.25, 0.3) is 11.0 Å². The highest BCUT2D eigenvalue weighted by molar-refractivity contribution is 5.86. The molecule has 0 aliphatic carbocycles. The molecule has 1 atom stereocenters. The van der Waals surface area contributed by atoms with Crippen LogP contribution in [-0.2, 0) is 5.66 Å². The third-order valence-corrected chi connectivity index (χ3v) is 6.67. The number of aromatic nitrogens is 2. The molecule has 1 saturated heterocycles. The quantitative estimate of drug-likeness (QED) is 0.258. The zero-order chi connectivity index (χ0) is 21.7. The molecule has 0 spiro atoms. The van der Waals surface area contributed by atoms with E-state index in [2.05, 4.69) is 73.8 Å². The summed E-state index contributed by atoms with van der Waals surface area (Å²) < 4.78 is 0. The van der Waals surface area contributed by atoms with E-state index in [-0.39, 0.29) is 70.4 Å². The van der Waals surface area contributed by atoms with Crippen molar-refractivity contribution in [3.05, 3.63) is 78.1 Å². The number of hydrogen-bond donors (Lipinski definition) is 4. The average molecular weight is 626 g/mol. The number of likely N-dealkylation sites (N-methyl/N-ethyl adjacent to an activating group) is 1. The van der Waals surface area contributed by atoms with E-state index in [9.17, 15) is 5.11 Å². The minimum atomic E-state index is -0.663. The molecule has 1 aromatic heterocycles. The average Bonchev–Trinajstić information content (AvgIpc) is 3.44. The Bertz CT molecular complexity index is 1310. The van der Waals surface area contributed by atoms with Crippen LogP contribution in [0.2, 0.25) is 0 Å². The summed E-state index contributed by atoms with van der Waals surface area (Å²) >= 11 is 0. The van der Waals surface area contributed by atoms with Crippen LogP contribution in [0, 0.1) is 0 Å². The number of aromatic hydroxyl groups is 1. The second-order valence-electron chi connectivity index (χ2n) is 8.70. The molecule has 1 unspecified atom stereocenters. The van der Waals surface area contributed by atoms with Crippen molar-refractivity contribution < 1.29 is 32.5 Å². The van der Waals surface area contributed by atoms with Crippen molar-refractivity contribution in [1.29, 1.82) is 0 Å². The highest BCUT2D eigenvalue weighted by Gasteiger charge is 2.40. The highest BCUT2D eigenvalue weighted by atomic mass is 35.5. The predicted molar refractivity (Wildman–Crippen MR) is 168 cm³/mol. The second-order valence-corrected chi connectivity index (χ2v) is 8.70. The summed E-state index contributed by atoms with van der Waals surface area (Å²) in [5.74, 6) is 0.250. The molecule has 3 aromatic carbocycles. The summed E-state index contributed by atoms with van der Waals surface area (Å²) in [4.78, 5) is 12.4. The number of imidazole rings is 1. The number of hydrogen-bond acceptors (Lipinski definition) is 6. The molecule has 226 valence electrons. The van der Waals surface area contributed by atoms with Gasteiger partial charge >= 0.3 is 0 Å². The number of benzene rings is 3. The van der Waals surface area contributed by atoms with E-state index in [4.69, 9.17) is 0 Å². The molecule has 1 fully saturated rings.